The molecule has 3 N–H and O–H groups in total. The largest absolute Gasteiger partial charge is 0.459 e. The molecule has 1 aromatic heterocycles. The second-order valence-corrected chi connectivity index (χ2v) is 6.41. The monoisotopic (exact) mass is 345 g/mol. The Morgan fingerprint density at radius 1 is 1.29 bits per heavy atom. The fourth-order valence-corrected chi connectivity index (χ4v) is 3.30. The summed E-state index contributed by atoms with van der Waals surface area (Å²) < 4.78 is 11.4. The molecule has 0 saturated heterocycles. The highest BCUT2D eigenvalue weighted by molar-refractivity contribution is 7.08. The van der Waals surface area contributed by atoms with Crippen LogP contribution in [0, 0.1) is 0 Å². The van der Waals surface area contributed by atoms with Gasteiger partial charge in [0.2, 0.25) is 6.29 Å². The maximum Gasteiger partial charge on any atom is 0.283 e. The van der Waals surface area contributed by atoms with Crippen molar-refractivity contribution in [2.45, 2.75) is 31.8 Å². The molecule has 1 aromatic carbocycles. The van der Waals surface area contributed by atoms with Crippen molar-refractivity contribution in [3.63, 3.8) is 0 Å². The number of benzene rings is 1. The van der Waals surface area contributed by atoms with Gasteiger partial charge in [-0.1, -0.05) is 24.3 Å². The van der Waals surface area contributed by atoms with Crippen LogP contribution in [0.25, 0.3) is 0 Å². The molecule has 0 fully saturated rings. The van der Waals surface area contributed by atoms with Crippen LogP contribution in [0.1, 0.15) is 29.0 Å². The predicted molar refractivity (Wildman–Crippen MR) is 91.0 cm³/mol. The van der Waals surface area contributed by atoms with Crippen LogP contribution >= 0.6 is 11.3 Å². The Labute approximate surface area is 144 Å². The zero-order valence-electron chi connectivity index (χ0n) is 13.1. The number of thiophene rings is 1. The lowest BCUT2D eigenvalue weighted by Gasteiger charge is -2.28. The molecule has 0 aliphatic carbocycles. The number of allylic oxidation sites excluding steroid dienone is 1. The first-order valence-corrected chi connectivity index (χ1v) is 8.60. The molecule has 126 valence electrons. The number of amides is 1. The van der Waals surface area contributed by atoms with Gasteiger partial charge in [0.1, 0.15) is 0 Å². The van der Waals surface area contributed by atoms with Gasteiger partial charge in [-0.3, -0.25) is 4.79 Å². The lowest BCUT2D eigenvalue weighted by Crippen LogP contribution is -2.29. The zero-order chi connectivity index (χ0) is 16.9. The minimum absolute atomic E-state index is 0.0158. The van der Waals surface area contributed by atoms with Gasteiger partial charge in [0.25, 0.3) is 5.91 Å². The number of hydrogen-bond donors (Lipinski definition) is 2. The number of hydrogen-bond acceptors (Lipinski definition) is 5. The van der Waals surface area contributed by atoms with E-state index in [4.69, 9.17) is 20.3 Å². The highest BCUT2D eigenvalue weighted by Gasteiger charge is 2.27. The van der Waals surface area contributed by atoms with Gasteiger partial charge in [0, 0.05) is 12.3 Å². The molecule has 2 atom stereocenters. The number of rotatable bonds is 6. The third-order valence-electron chi connectivity index (χ3n) is 3.91. The number of nitrogens with two attached hydrogens (primary N) is 1. The summed E-state index contributed by atoms with van der Waals surface area (Å²) in [6.07, 6.45) is 1.86. The van der Waals surface area contributed by atoms with Gasteiger partial charge < -0.3 is 20.3 Å². The Hall–Kier alpha value is -2.15. The van der Waals surface area contributed by atoms with E-state index in [0.717, 1.165) is 16.7 Å². The number of aliphatic hydroxyl groups excluding tert-OH is 1. The van der Waals surface area contributed by atoms with Crippen molar-refractivity contribution < 1.29 is 19.4 Å². The van der Waals surface area contributed by atoms with E-state index in [0.29, 0.717) is 13.0 Å². The molecule has 3 rings (SSSR count). The number of primary amides is 1. The van der Waals surface area contributed by atoms with Gasteiger partial charge in [-0.25, -0.2) is 0 Å². The minimum atomic E-state index is -0.587. The second-order valence-electron chi connectivity index (χ2n) is 5.63. The maximum atomic E-state index is 11.5. The van der Waals surface area contributed by atoms with Crippen LogP contribution in [0.2, 0.25) is 0 Å². The van der Waals surface area contributed by atoms with Crippen molar-refractivity contribution in [3.8, 4) is 0 Å². The average Bonchev–Trinajstić information content (AvgIpc) is 3.15. The van der Waals surface area contributed by atoms with Gasteiger partial charge in [0.15, 0.2) is 5.76 Å². The van der Waals surface area contributed by atoms with E-state index in [-0.39, 0.29) is 18.3 Å². The molecule has 1 aliphatic rings. The number of carbonyl (C=O) groups excluding carboxylic acids is 1. The quantitative estimate of drug-likeness (QED) is 0.843. The van der Waals surface area contributed by atoms with E-state index >= 15 is 0 Å². The van der Waals surface area contributed by atoms with Crippen LogP contribution in [0.3, 0.4) is 0 Å². The summed E-state index contributed by atoms with van der Waals surface area (Å²) in [5, 5.41) is 13.1. The van der Waals surface area contributed by atoms with Crippen LogP contribution in [0.5, 0.6) is 0 Å². The first-order valence-electron chi connectivity index (χ1n) is 7.66. The molecule has 2 heterocycles. The number of carbonyl (C=O) groups is 1. The van der Waals surface area contributed by atoms with Gasteiger partial charge in [0.05, 0.1) is 13.2 Å². The normalized spacial score (nSPS) is 20.3. The van der Waals surface area contributed by atoms with E-state index in [1.165, 1.54) is 0 Å². The molecule has 0 spiro atoms. The molecular formula is C18H19NO4S. The molecule has 6 heteroatoms. The molecule has 1 aliphatic heterocycles. The lowest BCUT2D eigenvalue weighted by atomic mass is 9.95. The average molecular weight is 345 g/mol. The summed E-state index contributed by atoms with van der Waals surface area (Å²) in [4.78, 5) is 11.5. The van der Waals surface area contributed by atoms with Crippen molar-refractivity contribution in [2.75, 3.05) is 0 Å². The molecule has 1 amide bonds. The topological polar surface area (TPSA) is 81.8 Å². The van der Waals surface area contributed by atoms with Gasteiger partial charge in [-0.2, -0.15) is 11.3 Å². The van der Waals surface area contributed by atoms with Gasteiger partial charge in [-0.15, -0.1) is 0 Å². The third-order valence-corrected chi connectivity index (χ3v) is 4.61. The Morgan fingerprint density at radius 2 is 2.04 bits per heavy atom. The Kier molecular flexibility index (Phi) is 5.30. The first-order chi connectivity index (χ1) is 11.7. The lowest BCUT2D eigenvalue weighted by molar-refractivity contribution is -0.148. The van der Waals surface area contributed by atoms with E-state index < -0.39 is 12.2 Å². The molecule has 2 aromatic rings. The third kappa shape index (κ3) is 4.03. The van der Waals surface area contributed by atoms with Gasteiger partial charge >= 0.3 is 0 Å². The summed E-state index contributed by atoms with van der Waals surface area (Å²) >= 11 is 1.61. The van der Waals surface area contributed by atoms with Crippen LogP contribution < -0.4 is 5.73 Å². The first kappa shape index (κ1) is 16.7. The summed E-state index contributed by atoms with van der Waals surface area (Å²) in [6, 6.07) is 9.53. The second kappa shape index (κ2) is 7.61. The summed E-state index contributed by atoms with van der Waals surface area (Å²) in [5.74, 6) is -0.386. The van der Waals surface area contributed by atoms with Crippen molar-refractivity contribution in [2.24, 2.45) is 5.73 Å². The fraction of sp³-hybridized carbons (Fsp3) is 0.278. The predicted octanol–water partition coefficient (Wildman–Crippen LogP) is 2.66. The maximum absolute atomic E-state index is 11.5. The Morgan fingerprint density at radius 3 is 2.67 bits per heavy atom. The summed E-state index contributed by atoms with van der Waals surface area (Å²) in [6.45, 7) is 0.376. The zero-order valence-corrected chi connectivity index (χ0v) is 13.9. The smallest absolute Gasteiger partial charge is 0.283 e. The molecule has 0 saturated carbocycles. The Bertz CT molecular complexity index is 709. The Balaban J connectivity index is 1.66. The SMILES string of the molecule is NC(=O)C1=C[C@@H](c2ccsc2)C[C@@H](OCc2ccc(CO)cc2)O1. The van der Waals surface area contributed by atoms with Crippen LogP contribution in [0.15, 0.2) is 52.9 Å². The highest BCUT2D eigenvalue weighted by atomic mass is 32.1. The molecule has 0 radical (unpaired) electrons. The highest BCUT2D eigenvalue weighted by Crippen LogP contribution is 2.32. The standard InChI is InChI=1S/C18H19NO4S/c19-18(21)16-7-15(14-5-6-24-11-14)8-17(23-16)22-10-13-3-1-12(9-20)2-4-13/h1-7,11,15,17,20H,8-10H2,(H2,19,21)/t15-,17+/m1/s1. The molecule has 0 bridgehead atoms. The molecule has 0 unspecified atom stereocenters. The number of ether oxygens (including phenoxy) is 2. The van der Waals surface area contributed by atoms with Crippen molar-refractivity contribution >= 4 is 17.2 Å². The van der Waals surface area contributed by atoms with Crippen molar-refractivity contribution in [3.05, 3.63) is 69.6 Å². The van der Waals surface area contributed by atoms with Crippen LogP contribution in [0.4, 0.5) is 0 Å². The molecule has 5 nitrogen and oxygen atoms in total. The van der Waals surface area contributed by atoms with Gasteiger partial charge in [-0.05, 0) is 39.6 Å². The van der Waals surface area contributed by atoms with E-state index in [1.807, 2.05) is 35.7 Å². The van der Waals surface area contributed by atoms with E-state index in [1.54, 1.807) is 17.4 Å². The van der Waals surface area contributed by atoms with E-state index in [9.17, 15) is 4.79 Å². The summed E-state index contributed by atoms with van der Waals surface area (Å²) in [7, 11) is 0. The van der Waals surface area contributed by atoms with Crippen LogP contribution in [-0.4, -0.2) is 17.3 Å². The molecule has 24 heavy (non-hydrogen) atoms. The molecular weight excluding hydrogens is 326 g/mol. The summed E-state index contributed by atoms with van der Waals surface area (Å²) in [5.41, 5.74) is 8.32. The van der Waals surface area contributed by atoms with E-state index in [2.05, 4.69) is 5.38 Å². The fourth-order valence-electron chi connectivity index (χ4n) is 2.58. The minimum Gasteiger partial charge on any atom is -0.459 e. The number of aliphatic hydroxyl groups is 1. The van der Waals surface area contributed by atoms with Crippen molar-refractivity contribution in [1.82, 2.24) is 0 Å². The van der Waals surface area contributed by atoms with Crippen molar-refractivity contribution in [1.29, 1.82) is 0 Å². The van der Waals surface area contributed by atoms with Crippen LogP contribution in [-0.2, 0) is 27.5 Å².